The molecule has 0 aliphatic carbocycles. The molecule has 0 unspecified atom stereocenters. The molecule has 0 fully saturated rings. The highest BCUT2D eigenvalue weighted by molar-refractivity contribution is 9.09. The summed E-state index contributed by atoms with van der Waals surface area (Å²) in [6.45, 7) is 0.639. The molecule has 0 spiro atoms. The zero-order valence-corrected chi connectivity index (χ0v) is 12.8. The van der Waals surface area contributed by atoms with Crippen LogP contribution < -0.4 is 4.74 Å². The summed E-state index contributed by atoms with van der Waals surface area (Å²) in [5, 5.41) is 9.54. The first-order chi connectivity index (χ1) is 10.2. The lowest BCUT2D eigenvalue weighted by Crippen LogP contribution is -1.97. The van der Waals surface area contributed by atoms with Crippen molar-refractivity contribution in [3.8, 4) is 11.5 Å². The summed E-state index contributed by atoms with van der Waals surface area (Å²) >= 11 is 3.25. The zero-order valence-electron chi connectivity index (χ0n) is 11.2. The first-order valence-corrected chi connectivity index (χ1v) is 7.30. The summed E-state index contributed by atoms with van der Waals surface area (Å²) in [7, 11) is 0. The number of benzene rings is 2. The molecule has 0 saturated carbocycles. The topological polar surface area (TPSA) is 63.6 Å². The van der Waals surface area contributed by atoms with Crippen LogP contribution in [0.25, 0.3) is 0 Å². The van der Waals surface area contributed by atoms with Gasteiger partial charge in [0, 0.05) is 16.5 Å². The van der Waals surface area contributed by atoms with Gasteiger partial charge in [0.25, 0.3) is 0 Å². The fourth-order valence-electron chi connectivity index (χ4n) is 1.35. The number of carbonyl (C=O) groups is 2. The number of hydrogen-bond donors (Lipinski definition) is 1. The number of hydrogen-bond acceptors (Lipinski definition) is 4. The van der Waals surface area contributed by atoms with E-state index in [9.17, 15) is 9.59 Å². The van der Waals surface area contributed by atoms with Crippen molar-refractivity contribution in [2.45, 2.75) is 0 Å². The Morgan fingerprint density at radius 1 is 0.905 bits per heavy atom. The summed E-state index contributed by atoms with van der Waals surface area (Å²) in [4.78, 5) is 20.3. The number of phenolic OH excluding ortho intramolecular Hbond substituents is 1. The van der Waals surface area contributed by atoms with Crippen LogP contribution in [0.5, 0.6) is 11.5 Å². The van der Waals surface area contributed by atoms with Gasteiger partial charge >= 0.3 is 0 Å². The summed E-state index contributed by atoms with van der Waals surface area (Å²) in [5.41, 5.74) is 1.24. The van der Waals surface area contributed by atoms with E-state index in [4.69, 9.17) is 9.84 Å². The quantitative estimate of drug-likeness (QED) is 0.662. The fourth-order valence-corrected chi connectivity index (χ4v) is 1.51. The van der Waals surface area contributed by atoms with Gasteiger partial charge in [-0.15, -0.1) is 0 Å². The molecule has 0 aliphatic rings. The van der Waals surface area contributed by atoms with Gasteiger partial charge in [0.2, 0.25) is 0 Å². The molecule has 2 rings (SSSR count). The zero-order chi connectivity index (χ0) is 15.5. The van der Waals surface area contributed by atoms with Gasteiger partial charge in [-0.1, -0.05) is 15.9 Å². The summed E-state index contributed by atoms with van der Waals surface area (Å²) in [5.74, 6) is 0.973. The van der Waals surface area contributed by atoms with Crippen LogP contribution in [0.2, 0.25) is 0 Å². The minimum atomic E-state index is 0.181. The number of halogens is 1. The number of carbonyl (C=O) groups excluding carboxylic acids is 2. The van der Waals surface area contributed by atoms with Crippen molar-refractivity contribution in [2.24, 2.45) is 0 Å². The van der Waals surface area contributed by atoms with Crippen molar-refractivity contribution in [2.75, 3.05) is 11.9 Å². The maximum Gasteiger partial charge on any atom is 0.150 e. The van der Waals surface area contributed by atoms with Crippen molar-refractivity contribution >= 4 is 28.5 Å². The first-order valence-electron chi connectivity index (χ1n) is 6.18. The number of ether oxygens (including phenoxy) is 1. The minimum Gasteiger partial charge on any atom is -0.508 e. The number of phenols is 1. The third kappa shape index (κ3) is 6.72. The molecule has 0 heterocycles. The second kappa shape index (κ2) is 9.72. The van der Waals surface area contributed by atoms with Crippen LogP contribution in [0.15, 0.2) is 48.5 Å². The summed E-state index contributed by atoms with van der Waals surface area (Å²) in [6, 6.07) is 13.1. The number of aromatic hydroxyl groups is 1. The molecule has 5 heteroatoms. The molecular weight excluding hydrogens is 336 g/mol. The van der Waals surface area contributed by atoms with Crippen molar-refractivity contribution in [1.82, 2.24) is 0 Å². The monoisotopic (exact) mass is 350 g/mol. The Hall–Kier alpha value is -2.14. The van der Waals surface area contributed by atoms with E-state index in [1.54, 1.807) is 36.4 Å². The Balaban J connectivity index is 0.000000219. The van der Waals surface area contributed by atoms with E-state index in [2.05, 4.69) is 15.9 Å². The van der Waals surface area contributed by atoms with Gasteiger partial charge in [-0.2, -0.15) is 0 Å². The van der Waals surface area contributed by atoms with E-state index in [-0.39, 0.29) is 5.75 Å². The summed E-state index contributed by atoms with van der Waals surface area (Å²) in [6.07, 6.45) is 1.55. The van der Waals surface area contributed by atoms with Gasteiger partial charge in [0.15, 0.2) is 0 Å². The molecule has 21 heavy (non-hydrogen) atoms. The van der Waals surface area contributed by atoms with Crippen molar-refractivity contribution in [1.29, 1.82) is 0 Å². The van der Waals surface area contributed by atoms with E-state index in [0.717, 1.165) is 23.7 Å². The second-order valence-electron chi connectivity index (χ2n) is 3.93. The Morgan fingerprint density at radius 3 is 1.81 bits per heavy atom. The largest absolute Gasteiger partial charge is 0.508 e. The molecule has 2 aromatic rings. The average molecular weight is 351 g/mol. The Bertz CT molecular complexity index is 549. The minimum absolute atomic E-state index is 0.181. The van der Waals surface area contributed by atoms with Crippen LogP contribution in [-0.2, 0) is 0 Å². The molecule has 2 aromatic carbocycles. The molecule has 0 aromatic heterocycles. The van der Waals surface area contributed by atoms with Crippen LogP contribution in [0.4, 0.5) is 0 Å². The lowest BCUT2D eigenvalue weighted by Gasteiger charge is -2.02. The van der Waals surface area contributed by atoms with E-state index < -0.39 is 0 Å². The molecule has 0 bridgehead atoms. The standard InChI is InChI=1S/C9H9BrO2.C7H6O2/c10-5-6-12-9-3-1-8(7-11)2-4-9;8-5-6-1-3-7(9)4-2-6/h1-4,7H,5-6H2;1-5,9H. The molecule has 0 saturated heterocycles. The Labute approximate surface area is 131 Å². The maximum atomic E-state index is 10.3. The number of alkyl halides is 1. The van der Waals surface area contributed by atoms with Crippen molar-refractivity contribution in [3.63, 3.8) is 0 Å². The molecular formula is C16H15BrO4. The Morgan fingerprint density at radius 2 is 1.38 bits per heavy atom. The maximum absolute atomic E-state index is 10.3. The smallest absolute Gasteiger partial charge is 0.150 e. The van der Waals surface area contributed by atoms with Crippen LogP contribution >= 0.6 is 15.9 Å². The highest BCUT2D eigenvalue weighted by Gasteiger charge is 1.92. The second-order valence-corrected chi connectivity index (χ2v) is 4.73. The average Bonchev–Trinajstić information content (AvgIpc) is 2.55. The number of rotatable bonds is 5. The molecule has 1 N–H and O–H groups in total. The molecule has 0 amide bonds. The van der Waals surface area contributed by atoms with E-state index in [1.807, 2.05) is 0 Å². The van der Waals surface area contributed by atoms with E-state index >= 15 is 0 Å². The first kappa shape index (κ1) is 16.9. The lowest BCUT2D eigenvalue weighted by molar-refractivity contribution is 0.111. The van der Waals surface area contributed by atoms with Gasteiger partial charge in [0.1, 0.15) is 24.1 Å². The third-order valence-electron chi connectivity index (χ3n) is 2.39. The predicted octanol–water partition coefficient (Wildman–Crippen LogP) is 3.48. The normalized spacial score (nSPS) is 9.19. The summed E-state index contributed by atoms with van der Waals surface area (Å²) < 4.78 is 5.29. The molecule has 0 aliphatic heterocycles. The lowest BCUT2D eigenvalue weighted by atomic mass is 10.2. The van der Waals surface area contributed by atoms with Crippen molar-refractivity contribution < 1.29 is 19.4 Å². The van der Waals surface area contributed by atoms with Crippen LogP contribution in [-0.4, -0.2) is 29.6 Å². The van der Waals surface area contributed by atoms with Gasteiger partial charge < -0.3 is 9.84 Å². The highest BCUT2D eigenvalue weighted by atomic mass is 79.9. The molecule has 0 atom stereocenters. The van der Waals surface area contributed by atoms with Gasteiger partial charge in [-0.25, -0.2) is 0 Å². The van der Waals surface area contributed by atoms with E-state index in [1.165, 1.54) is 12.1 Å². The molecule has 0 radical (unpaired) electrons. The van der Waals surface area contributed by atoms with E-state index in [0.29, 0.717) is 17.7 Å². The van der Waals surface area contributed by atoms with Crippen LogP contribution in [0.3, 0.4) is 0 Å². The van der Waals surface area contributed by atoms with Crippen LogP contribution in [0, 0.1) is 0 Å². The van der Waals surface area contributed by atoms with Crippen molar-refractivity contribution in [3.05, 3.63) is 59.7 Å². The van der Waals surface area contributed by atoms with Gasteiger partial charge in [-0.05, 0) is 48.5 Å². The fraction of sp³-hybridized carbons (Fsp3) is 0.125. The molecule has 4 nitrogen and oxygen atoms in total. The third-order valence-corrected chi connectivity index (χ3v) is 2.71. The van der Waals surface area contributed by atoms with Crippen LogP contribution in [0.1, 0.15) is 20.7 Å². The SMILES string of the molecule is O=Cc1ccc(O)cc1.O=Cc1ccc(OCCBr)cc1. The number of aldehydes is 2. The molecule has 110 valence electrons. The Kier molecular flexibility index (Phi) is 7.82. The highest BCUT2D eigenvalue weighted by Crippen LogP contribution is 2.10. The predicted molar refractivity (Wildman–Crippen MR) is 84.6 cm³/mol. The van der Waals surface area contributed by atoms with Gasteiger partial charge in [-0.3, -0.25) is 9.59 Å². The van der Waals surface area contributed by atoms with Gasteiger partial charge in [0.05, 0.1) is 6.61 Å².